The lowest BCUT2D eigenvalue weighted by atomic mass is 10.1. The van der Waals surface area contributed by atoms with E-state index in [9.17, 15) is 0 Å². The lowest BCUT2D eigenvalue weighted by Crippen LogP contribution is -2.07. The van der Waals surface area contributed by atoms with Crippen molar-refractivity contribution >= 4 is 5.69 Å². The highest BCUT2D eigenvalue weighted by Gasteiger charge is 2.07. The van der Waals surface area contributed by atoms with Gasteiger partial charge in [0.2, 0.25) is 0 Å². The number of hydrogen-bond donors (Lipinski definition) is 1. The fourth-order valence-corrected chi connectivity index (χ4v) is 2.09. The minimum atomic E-state index is 0.176. The quantitative estimate of drug-likeness (QED) is 0.908. The summed E-state index contributed by atoms with van der Waals surface area (Å²) in [6, 6.07) is 15.9. The van der Waals surface area contributed by atoms with E-state index in [1.54, 1.807) is 7.11 Å². The molecule has 0 fully saturated rings. The molecule has 102 valence electrons. The van der Waals surface area contributed by atoms with Crippen LogP contribution in [-0.4, -0.2) is 7.11 Å². The van der Waals surface area contributed by atoms with Gasteiger partial charge < -0.3 is 10.1 Å². The molecule has 1 atom stereocenters. The van der Waals surface area contributed by atoms with E-state index in [1.165, 1.54) is 0 Å². The molecule has 0 aliphatic rings. The van der Waals surface area contributed by atoms with Gasteiger partial charge in [0.25, 0.3) is 0 Å². The van der Waals surface area contributed by atoms with Crippen LogP contribution < -0.4 is 10.1 Å². The SMILES string of the molecule is COc1ccc(NC(C)c2ccc(C#N)cc2)c(C)c1. The van der Waals surface area contributed by atoms with Gasteiger partial charge in [0.05, 0.1) is 18.7 Å². The van der Waals surface area contributed by atoms with E-state index in [2.05, 4.69) is 25.2 Å². The van der Waals surface area contributed by atoms with Crippen LogP contribution >= 0.6 is 0 Å². The number of rotatable bonds is 4. The van der Waals surface area contributed by atoms with Crippen molar-refractivity contribution in [1.29, 1.82) is 5.26 Å². The molecular weight excluding hydrogens is 248 g/mol. The van der Waals surface area contributed by atoms with E-state index < -0.39 is 0 Å². The van der Waals surface area contributed by atoms with Crippen molar-refractivity contribution in [2.75, 3.05) is 12.4 Å². The molecule has 2 aromatic rings. The van der Waals surface area contributed by atoms with E-state index in [-0.39, 0.29) is 6.04 Å². The lowest BCUT2D eigenvalue weighted by Gasteiger charge is -2.18. The van der Waals surface area contributed by atoms with E-state index in [0.29, 0.717) is 5.56 Å². The van der Waals surface area contributed by atoms with Gasteiger partial charge in [-0.1, -0.05) is 12.1 Å². The second-order valence-electron chi connectivity index (χ2n) is 4.78. The summed E-state index contributed by atoms with van der Waals surface area (Å²) in [7, 11) is 1.67. The number of hydrogen-bond acceptors (Lipinski definition) is 3. The summed E-state index contributed by atoms with van der Waals surface area (Å²) in [5.74, 6) is 0.860. The molecule has 1 N–H and O–H groups in total. The largest absolute Gasteiger partial charge is 0.497 e. The van der Waals surface area contributed by atoms with Crippen molar-refractivity contribution in [3.8, 4) is 11.8 Å². The standard InChI is InChI=1S/C17H18N2O/c1-12-10-16(20-3)8-9-17(12)19-13(2)15-6-4-14(11-18)5-7-15/h4-10,13,19H,1-3H3. The summed E-state index contributed by atoms with van der Waals surface area (Å²) in [6.07, 6.45) is 0. The number of ether oxygens (including phenoxy) is 1. The van der Waals surface area contributed by atoms with Gasteiger partial charge in [-0.25, -0.2) is 0 Å². The number of benzene rings is 2. The fourth-order valence-electron chi connectivity index (χ4n) is 2.09. The minimum Gasteiger partial charge on any atom is -0.497 e. The van der Waals surface area contributed by atoms with E-state index in [4.69, 9.17) is 10.00 Å². The maximum Gasteiger partial charge on any atom is 0.119 e. The minimum absolute atomic E-state index is 0.176. The van der Waals surface area contributed by atoms with Gasteiger partial charge >= 0.3 is 0 Å². The van der Waals surface area contributed by atoms with Crippen LogP contribution in [0.2, 0.25) is 0 Å². The predicted octanol–water partition coefficient (Wildman–Crippen LogP) is 4.05. The number of nitrogens with one attached hydrogen (secondary N) is 1. The summed E-state index contributed by atoms with van der Waals surface area (Å²) in [4.78, 5) is 0. The molecule has 0 radical (unpaired) electrons. The lowest BCUT2D eigenvalue weighted by molar-refractivity contribution is 0.414. The van der Waals surface area contributed by atoms with Gasteiger partial charge in [0.1, 0.15) is 5.75 Å². The molecular formula is C17H18N2O. The zero-order chi connectivity index (χ0) is 14.5. The summed E-state index contributed by atoms with van der Waals surface area (Å²) < 4.78 is 5.21. The second-order valence-corrected chi connectivity index (χ2v) is 4.78. The fraction of sp³-hybridized carbons (Fsp3) is 0.235. The van der Waals surface area contributed by atoms with Gasteiger partial charge in [-0.2, -0.15) is 5.26 Å². The van der Waals surface area contributed by atoms with Crippen LogP contribution in [-0.2, 0) is 0 Å². The first-order valence-corrected chi connectivity index (χ1v) is 6.55. The smallest absolute Gasteiger partial charge is 0.119 e. The Morgan fingerprint density at radius 2 is 1.85 bits per heavy atom. The molecule has 0 heterocycles. The van der Waals surface area contributed by atoms with Crippen LogP contribution in [0.4, 0.5) is 5.69 Å². The Bertz CT molecular complexity index is 626. The first-order valence-electron chi connectivity index (χ1n) is 6.55. The Kier molecular flexibility index (Phi) is 4.27. The monoisotopic (exact) mass is 266 g/mol. The van der Waals surface area contributed by atoms with Gasteiger partial charge in [0, 0.05) is 11.7 Å². The van der Waals surface area contributed by atoms with Crippen molar-refractivity contribution in [2.45, 2.75) is 19.9 Å². The molecule has 0 spiro atoms. The normalized spacial score (nSPS) is 11.5. The highest BCUT2D eigenvalue weighted by atomic mass is 16.5. The van der Waals surface area contributed by atoms with E-state index in [1.807, 2.05) is 42.5 Å². The molecule has 0 amide bonds. The molecule has 2 aromatic carbocycles. The first kappa shape index (κ1) is 14.0. The highest BCUT2D eigenvalue weighted by molar-refractivity contribution is 5.55. The van der Waals surface area contributed by atoms with Crippen LogP contribution in [0.25, 0.3) is 0 Å². The molecule has 0 aromatic heterocycles. The molecule has 0 saturated heterocycles. The van der Waals surface area contributed by atoms with Crippen LogP contribution in [0.1, 0.15) is 29.7 Å². The maximum absolute atomic E-state index is 8.81. The third-order valence-electron chi connectivity index (χ3n) is 3.35. The summed E-state index contributed by atoms with van der Waals surface area (Å²) in [6.45, 7) is 4.15. The van der Waals surface area contributed by atoms with Crippen molar-refractivity contribution in [1.82, 2.24) is 0 Å². The Morgan fingerprint density at radius 3 is 2.40 bits per heavy atom. The Hall–Kier alpha value is -2.47. The number of aryl methyl sites for hydroxylation is 1. The number of anilines is 1. The van der Waals surface area contributed by atoms with E-state index in [0.717, 1.165) is 22.6 Å². The third kappa shape index (κ3) is 3.10. The predicted molar refractivity (Wildman–Crippen MR) is 80.9 cm³/mol. The molecule has 0 aliphatic carbocycles. The van der Waals surface area contributed by atoms with Crippen LogP contribution in [0.15, 0.2) is 42.5 Å². The van der Waals surface area contributed by atoms with Crippen molar-refractivity contribution < 1.29 is 4.74 Å². The molecule has 20 heavy (non-hydrogen) atoms. The average molecular weight is 266 g/mol. The van der Waals surface area contributed by atoms with Gasteiger partial charge in [-0.3, -0.25) is 0 Å². The van der Waals surface area contributed by atoms with Crippen molar-refractivity contribution in [3.05, 3.63) is 59.2 Å². The van der Waals surface area contributed by atoms with Crippen LogP contribution in [0.5, 0.6) is 5.75 Å². The number of nitriles is 1. The Morgan fingerprint density at radius 1 is 1.15 bits per heavy atom. The average Bonchev–Trinajstić information content (AvgIpc) is 2.49. The Balaban J connectivity index is 2.14. The molecule has 1 unspecified atom stereocenters. The van der Waals surface area contributed by atoms with Crippen molar-refractivity contribution in [2.24, 2.45) is 0 Å². The van der Waals surface area contributed by atoms with E-state index >= 15 is 0 Å². The zero-order valence-electron chi connectivity index (χ0n) is 12.0. The van der Waals surface area contributed by atoms with Crippen LogP contribution in [0, 0.1) is 18.3 Å². The zero-order valence-corrected chi connectivity index (χ0v) is 12.0. The highest BCUT2D eigenvalue weighted by Crippen LogP contribution is 2.25. The van der Waals surface area contributed by atoms with Crippen molar-refractivity contribution in [3.63, 3.8) is 0 Å². The second kappa shape index (κ2) is 6.12. The first-order chi connectivity index (χ1) is 9.63. The summed E-state index contributed by atoms with van der Waals surface area (Å²) in [5.41, 5.74) is 4.06. The Labute approximate surface area is 119 Å². The molecule has 2 rings (SSSR count). The molecule has 3 nitrogen and oxygen atoms in total. The summed E-state index contributed by atoms with van der Waals surface area (Å²) in [5, 5.41) is 12.3. The number of methoxy groups -OCH3 is 1. The number of nitrogens with zero attached hydrogens (tertiary/aromatic N) is 1. The van der Waals surface area contributed by atoms with Gasteiger partial charge in [-0.05, 0) is 55.3 Å². The maximum atomic E-state index is 8.81. The van der Waals surface area contributed by atoms with Gasteiger partial charge in [0.15, 0.2) is 0 Å². The topological polar surface area (TPSA) is 45.0 Å². The molecule has 0 saturated carbocycles. The molecule has 0 aliphatic heterocycles. The summed E-state index contributed by atoms with van der Waals surface area (Å²) >= 11 is 0. The molecule has 3 heteroatoms. The van der Waals surface area contributed by atoms with Gasteiger partial charge in [-0.15, -0.1) is 0 Å². The third-order valence-corrected chi connectivity index (χ3v) is 3.35. The van der Waals surface area contributed by atoms with Crippen LogP contribution in [0.3, 0.4) is 0 Å². The molecule has 0 bridgehead atoms.